The highest BCUT2D eigenvalue weighted by atomic mass is 35.5. The molecule has 0 aromatic carbocycles. The first kappa shape index (κ1) is 21.6. The molecule has 148 valence electrons. The van der Waals surface area contributed by atoms with Crippen LogP contribution >= 0.6 is 23.7 Å². The number of rotatable bonds is 6. The van der Waals surface area contributed by atoms with E-state index in [2.05, 4.69) is 10.6 Å². The van der Waals surface area contributed by atoms with Crippen LogP contribution in [0.5, 0.6) is 0 Å². The molecule has 2 aliphatic heterocycles. The molecule has 0 bridgehead atoms. The smallest absolute Gasteiger partial charge is 0.252 e. The van der Waals surface area contributed by atoms with Crippen molar-refractivity contribution in [2.45, 2.75) is 42.7 Å². The fourth-order valence-corrected chi connectivity index (χ4v) is 6.42. The fourth-order valence-electron chi connectivity index (χ4n) is 3.39. The molecule has 3 heterocycles. The van der Waals surface area contributed by atoms with Gasteiger partial charge in [0.05, 0.1) is 5.92 Å². The van der Waals surface area contributed by atoms with E-state index < -0.39 is 10.0 Å². The minimum absolute atomic E-state index is 0. The monoisotopic (exact) mass is 421 g/mol. The Morgan fingerprint density at radius 1 is 1.23 bits per heavy atom. The highest BCUT2D eigenvalue weighted by Gasteiger charge is 2.27. The molecule has 1 amide bonds. The first-order valence-electron chi connectivity index (χ1n) is 9.14. The third-order valence-corrected chi connectivity index (χ3v) is 8.40. The summed E-state index contributed by atoms with van der Waals surface area (Å²) in [6.45, 7) is 3.55. The summed E-state index contributed by atoms with van der Waals surface area (Å²) in [4.78, 5) is 13.1. The van der Waals surface area contributed by atoms with Gasteiger partial charge in [-0.15, -0.1) is 23.7 Å². The minimum atomic E-state index is -3.34. The van der Waals surface area contributed by atoms with Gasteiger partial charge < -0.3 is 10.6 Å². The average molecular weight is 422 g/mol. The van der Waals surface area contributed by atoms with E-state index in [1.165, 1.54) is 11.3 Å². The zero-order valence-corrected chi connectivity index (χ0v) is 17.4. The van der Waals surface area contributed by atoms with Crippen molar-refractivity contribution in [1.82, 2.24) is 14.9 Å². The van der Waals surface area contributed by atoms with E-state index in [-0.39, 0.29) is 24.2 Å². The van der Waals surface area contributed by atoms with Crippen LogP contribution in [-0.4, -0.2) is 51.4 Å². The standard InChI is InChI=1S/C17H27N3O3S2.ClH/c21-17(14-5-4-9-18-13-14)19-10-8-15-6-7-16(24-15)25(22,23)20-11-2-1-3-12-20;/h6-7,14,18H,1-5,8-13H2,(H,19,21);1H. The topological polar surface area (TPSA) is 78.5 Å². The average Bonchev–Trinajstić information content (AvgIpc) is 3.13. The van der Waals surface area contributed by atoms with Crippen LogP contribution in [-0.2, 0) is 21.2 Å². The lowest BCUT2D eigenvalue weighted by Gasteiger charge is -2.25. The quantitative estimate of drug-likeness (QED) is 0.736. The van der Waals surface area contributed by atoms with Gasteiger partial charge in [-0.1, -0.05) is 6.42 Å². The van der Waals surface area contributed by atoms with E-state index in [1.54, 1.807) is 10.4 Å². The minimum Gasteiger partial charge on any atom is -0.355 e. The van der Waals surface area contributed by atoms with Crippen LogP contribution < -0.4 is 10.6 Å². The molecule has 2 saturated heterocycles. The van der Waals surface area contributed by atoms with E-state index in [1.807, 2.05) is 6.07 Å². The number of nitrogens with one attached hydrogen (secondary N) is 2. The number of nitrogens with zero attached hydrogens (tertiary/aromatic N) is 1. The van der Waals surface area contributed by atoms with Gasteiger partial charge in [-0.05, 0) is 50.8 Å². The van der Waals surface area contributed by atoms with E-state index >= 15 is 0 Å². The molecule has 6 nitrogen and oxygen atoms in total. The van der Waals surface area contributed by atoms with Crippen LogP contribution in [0.4, 0.5) is 0 Å². The molecule has 1 aromatic rings. The summed E-state index contributed by atoms with van der Waals surface area (Å²) in [6.07, 6.45) is 5.65. The Morgan fingerprint density at radius 3 is 2.69 bits per heavy atom. The predicted octanol–water partition coefficient (Wildman–Crippen LogP) is 2.00. The van der Waals surface area contributed by atoms with Crippen molar-refractivity contribution in [3.8, 4) is 0 Å². The maximum atomic E-state index is 12.6. The first-order chi connectivity index (χ1) is 12.1. The second kappa shape index (κ2) is 10.0. The molecule has 0 spiro atoms. The Kier molecular flexibility index (Phi) is 8.35. The summed E-state index contributed by atoms with van der Waals surface area (Å²) in [5.74, 6) is 0.164. The maximum absolute atomic E-state index is 12.6. The fraction of sp³-hybridized carbons (Fsp3) is 0.706. The van der Waals surface area contributed by atoms with Crippen LogP contribution in [0.15, 0.2) is 16.3 Å². The molecule has 2 aliphatic rings. The van der Waals surface area contributed by atoms with Crippen molar-refractivity contribution in [1.29, 1.82) is 0 Å². The van der Waals surface area contributed by atoms with Crippen molar-refractivity contribution >= 4 is 39.7 Å². The molecular weight excluding hydrogens is 394 g/mol. The molecule has 1 aromatic heterocycles. The molecule has 26 heavy (non-hydrogen) atoms. The van der Waals surface area contributed by atoms with Crippen LogP contribution in [0.1, 0.15) is 37.0 Å². The number of hydrogen-bond donors (Lipinski definition) is 2. The molecule has 0 saturated carbocycles. The summed E-state index contributed by atoms with van der Waals surface area (Å²) >= 11 is 1.33. The first-order valence-corrected chi connectivity index (χ1v) is 11.4. The van der Waals surface area contributed by atoms with Crippen molar-refractivity contribution in [2.75, 3.05) is 32.7 Å². The van der Waals surface area contributed by atoms with Crippen molar-refractivity contribution in [3.05, 3.63) is 17.0 Å². The van der Waals surface area contributed by atoms with Crippen molar-refractivity contribution in [2.24, 2.45) is 5.92 Å². The van der Waals surface area contributed by atoms with Crippen molar-refractivity contribution in [3.63, 3.8) is 0 Å². The maximum Gasteiger partial charge on any atom is 0.252 e. The summed E-state index contributed by atoms with van der Waals surface area (Å²) in [5.41, 5.74) is 0. The lowest BCUT2D eigenvalue weighted by molar-refractivity contribution is -0.125. The Balaban J connectivity index is 0.00000243. The molecule has 3 rings (SSSR count). The van der Waals surface area contributed by atoms with Crippen LogP contribution in [0.2, 0.25) is 0 Å². The zero-order chi connectivity index (χ0) is 17.7. The molecule has 0 radical (unpaired) electrons. The number of amides is 1. The van der Waals surface area contributed by atoms with Gasteiger partial charge >= 0.3 is 0 Å². The third-order valence-electron chi connectivity index (χ3n) is 4.88. The van der Waals surface area contributed by atoms with Gasteiger partial charge in [0.1, 0.15) is 4.21 Å². The van der Waals surface area contributed by atoms with Gasteiger partial charge in [0, 0.05) is 31.1 Å². The molecule has 2 fully saturated rings. The summed E-state index contributed by atoms with van der Waals surface area (Å²) in [6, 6.07) is 3.58. The zero-order valence-electron chi connectivity index (χ0n) is 14.9. The molecular formula is C17H28ClN3O3S2. The highest BCUT2D eigenvalue weighted by molar-refractivity contribution is 7.91. The lowest BCUT2D eigenvalue weighted by atomic mass is 9.99. The molecule has 2 N–H and O–H groups in total. The summed E-state index contributed by atoms with van der Waals surface area (Å²) in [5, 5.41) is 6.22. The van der Waals surface area contributed by atoms with Gasteiger partial charge in [-0.25, -0.2) is 8.42 Å². The lowest BCUT2D eigenvalue weighted by Crippen LogP contribution is -2.41. The predicted molar refractivity (Wildman–Crippen MR) is 106 cm³/mol. The number of sulfonamides is 1. The van der Waals surface area contributed by atoms with Crippen molar-refractivity contribution < 1.29 is 13.2 Å². The van der Waals surface area contributed by atoms with Crippen LogP contribution in [0, 0.1) is 5.92 Å². The molecule has 1 atom stereocenters. The highest BCUT2D eigenvalue weighted by Crippen LogP contribution is 2.27. The summed E-state index contributed by atoms with van der Waals surface area (Å²) in [7, 11) is -3.34. The largest absolute Gasteiger partial charge is 0.355 e. The number of thiophene rings is 1. The van der Waals surface area contributed by atoms with Gasteiger partial charge in [0.25, 0.3) is 10.0 Å². The van der Waals surface area contributed by atoms with E-state index in [0.717, 1.165) is 50.1 Å². The molecule has 0 aliphatic carbocycles. The van der Waals surface area contributed by atoms with Crippen LogP contribution in [0.25, 0.3) is 0 Å². The van der Waals surface area contributed by atoms with Gasteiger partial charge in [0.2, 0.25) is 5.91 Å². The second-order valence-electron chi connectivity index (χ2n) is 6.77. The summed E-state index contributed by atoms with van der Waals surface area (Å²) < 4.78 is 27.3. The Hall–Kier alpha value is -0.670. The Morgan fingerprint density at radius 2 is 2.00 bits per heavy atom. The normalized spacial score (nSPS) is 21.8. The second-order valence-corrected chi connectivity index (χ2v) is 10.1. The van der Waals surface area contributed by atoms with E-state index in [0.29, 0.717) is 30.3 Å². The Labute approximate surface area is 166 Å². The SMILES string of the molecule is Cl.O=C(NCCc1ccc(S(=O)(=O)N2CCCCC2)s1)C1CCCNC1. The van der Waals surface area contributed by atoms with Gasteiger partial charge in [0.15, 0.2) is 0 Å². The van der Waals surface area contributed by atoms with Gasteiger partial charge in [-0.3, -0.25) is 4.79 Å². The van der Waals surface area contributed by atoms with Gasteiger partial charge in [-0.2, -0.15) is 4.31 Å². The Bertz CT molecular complexity index is 681. The number of carbonyl (C=O) groups is 1. The van der Waals surface area contributed by atoms with E-state index in [9.17, 15) is 13.2 Å². The number of hydrogen-bond acceptors (Lipinski definition) is 5. The number of halogens is 1. The molecule has 9 heteroatoms. The van der Waals surface area contributed by atoms with E-state index in [4.69, 9.17) is 0 Å². The van der Waals surface area contributed by atoms with Crippen LogP contribution in [0.3, 0.4) is 0 Å². The number of carbonyl (C=O) groups excluding carboxylic acids is 1. The molecule has 1 unspecified atom stereocenters. The third kappa shape index (κ3) is 5.42. The number of piperidine rings is 2.